The molecule has 0 radical (unpaired) electrons. The summed E-state index contributed by atoms with van der Waals surface area (Å²) in [4.78, 5) is 30.9. The van der Waals surface area contributed by atoms with Crippen molar-refractivity contribution < 1.29 is 19.1 Å². The summed E-state index contributed by atoms with van der Waals surface area (Å²) in [6.45, 7) is 3.78. The molecule has 1 aromatic heterocycles. The molecule has 1 aromatic carbocycles. The maximum atomic E-state index is 12.5. The van der Waals surface area contributed by atoms with Gasteiger partial charge >= 0.3 is 0 Å². The van der Waals surface area contributed by atoms with Crippen LogP contribution in [-0.2, 0) is 9.59 Å². The first-order chi connectivity index (χ1) is 14.8. The molecule has 2 amide bonds. The van der Waals surface area contributed by atoms with E-state index in [0.717, 1.165) is 5.76 Å². The van der Waals surface area contributed by atoms with Crippen LogP contribution in [0.5, 0.6) is 5.75 Å². The Labute approximate surface area is 180 Å². The van der Waals surface area contributed by atoms with E-state index in [4.69, 9.17) is 4.42 Å². The number of aliphatic imine (C=N–C) groups is 1. The first-order valence-corrected chi connectivity index (χ1v) is 9.93. The van der Waals surface area contributed by atoms with E-state index in [2.05, 4.69) is 20.9 Å². The molecule has 0 aliphatic carbocycles. The van der Waals surface area contributed by atoms with Gasteiger partial charge in [0.25, 0.3) is 11.8 Å². The van der Waals surface area contributed by atoms with Crippen LogP contribution in [0.3, 0.4) is 0 Å². The monoisotopic (exact) mass is 425 g/mol. The van der Waals surface area contributed by atoms with Gasteiger partial charge in [0, 0.05) is 21.1 Å². The number of aryl methyl sites for hydroxylation is 1. The molecule has 1 aliphatic heterocycles. The minimum absolute atomic E-state index is 0.0269. The van der Waals surface area contributed by atoms with Gasteiger partial charge in [-0.05, 0) is 37.6 Å². The first-order valence-electron chi connectivity index (χ1n) is 9.93. The van der Waals surface area contributed by atoms with Gasteiger partial charge in [-0.15, -0.1) is 0 Å². The molecule has 164 valence electrons. The van der Waals surface area contributed by atoms with Gasteiger partial charge in [0.05, 0.1) is 17.3 Å². The SMILES string of the molecule is CC[C@@H](NC1=C(Nc2cccc(C(=NC)N(C)C)c2O)C(=O)NC1=O)c1ccc(C)o1. The van der Waals surface area contributed by atoms with E-state index in [1.54, 1.807) is 30.1 Å². The lowest BCUT2D eigenvalue weighted by Crippen LogP contribution is -2.29. The molecule has 3 rings (SSSR count). The Morgan fingerprint density at radius 2 is 1.90 bits per heavy atom. The van der Waals surface area contributed by atoms with Crippen molar-refractivity contribution in [1.82, 2.24) is 15.5 Å². The van der Waals surface area contributed by atoms with E-state index in [-0.39, 0.29) is 28.9 Å². The minimum atomic E-state index is -0.584. The van der Waals surface area contributed by atoms with Crippen LogP contribution in [0.1, 0.15) is 36.5 Å². The van der Waals surface area contributed by atoms with Crippen molar-refractivity contribution in [1.29, 1.82) is 0 Å². The number of carbonyl (C=O) groups is 2. The molecule has 2 heterocycles. The van der Waals surface area contributed by atoms with E-state index in [1.165, 1.54) is 0 Å². The lowest BCUT2D eigenvalue weighted by molar-refractivity contribution is -0.124. The van der Waals surface area contributed by atoms with E-state index in [0.29, 0.717) is 23.6 Å². The fourth-order valence-corrected chi connectivity index (χ4v) is 3.42. The minimum Gasteiger partial charge on any atom is -0.505 e. The molecule has 0 fully saturated rings. The number of amidine groups is 1. The highest BCUT2D eigenvalue weighted by Gasteiger charge is 2.33. The van der Waals surface area contributed by atoms with Crippen molar-refractivity contribution in [3.8, 4) is 5.75 Å². The van der Waals surface area contributed by atoms with Crippen molar-refractivity contribution in [2.75, 3.05) is 26.5 Å². The fourth-order valence-electron chi connectivity index (χ4n) is 3.42. The lowest BCUT2D eigenvalue weighted by atomic mass is 10.1. The van der Waals surface area contributed by atoms with Crippen molar-refractivity contribution >= 4 is 23.3 Å². The molecule has 1 atom stereocenters. The van der Waals surface area contributed by atoms with Gasteiger partial charge in [-0.25, -0.2) is 0 Å². The lowest BCUT2D eigenvalue weighted by Gasteiger charge is -2.19. The van der Waals surface area contributed by atoms with Gasteiger partial charge in [0.15, 0.2) is 0 Å². The Morgan fingerprint density at radius 1 is 1.19 bits per heavy atom. The highest BCUT2D eigenvalue weighted by Crippen LogP contribution is 2.31. The third-order valence-electron chi connectivity index (χ3n) is 4.93. The molecule has 0 spiro atoms. The van der Waals surface area contributed by atoms with Gasteiger partial charge < -0.3 is 25.1 Å². The fraction of sp³-hybridized carbons (Fsp3) is 0.318. The smallest absolute Gasteiger partial charge is 0.276 e. The predicted octanol–water partition coefficient (Wildman–Crippen LogP) is 2.25. The zero-order valence-electron chi connectivity index (χ0n) is 18.2. The van der Waals surface area contributed by atoms with Crippen molar-refractivity contribution in [3.63, 3.8) is 0 Å². The molecule has 0 saturated heterocycles. The zero-order valence-corrected chi connectivity index (χ0v) is 18.2. The Kier molecular flexibility index (Phi) is 6.33. The van der Waals surface area contributed by atoms with Crippen LogP contribution in [0, 0.1) is 6.92 Å². The second-order valence-corrected chi connectivity index (χ2v) is 7.36. The number of anilines is 1. The Hall–Kier alpha value is -3.75. The average molecular weight is 425 g/mol. The number of nitrogens with one attached hydrogen (secondary N) is 3. The zero-order chi connectivity index (χ0) is 22.7. The van der Waals surface area contributed by atoms with Crippen LogP contribution in [0.4, 0.5) is 5.69 Å². The summed E-state index contributed by atoms with van der Waals surface area (Å²) >= 11 is 0. The number of furan rings is 1. The van der Waals surface area contributed by atoms with E-state index >= 15 is 0 Å². The van der Waals surface area contributed by atoms with Crippen LogP contribution in [-0.4, -0.2) is 48.8 Å². The number of hydrogen-bond donors (Lipinski definition) is 4. The number of carbonyl (C=O) groups excluding carboxylic acids is 2. The average Bonchev–Trinajstić information content (AvgIpc) is 3.26. The molecule has 1 aliphatic rings. The highest BCUT2D eigenvalue weighted by molar-refractivity contribution is 6.20. The summed E-state index contributed by atoms with van der Waals surface area (Å²) in [6.07, 6.45) is 0.630. The van der Waals surface area contributed by atoms with E-state index in [9.17, 15) is 14.7 Å². The number of phenols is 1. The van der Waals surface area contributed by atoms with Gasteiger partial charge in [0.1, 0.15) is 34.5 Å². The molecular formula is C22H27N5O4. The number of benzene rings is 1. The van der Waals surface area contributed by atoms with Crippen LogP contribution >= 0.6 is 0 Å². The van der Waals surface area contributed by atoms with E-state index in [1.807, 2.05) is 40.1 Å². The highest BCUT2D eigenvalue weighted by atomic mass is 16.3. The summed E-state index contributed by atoms with van der Waals surface area (Å²) < 4.78 is 5.68. The molecule has 2 aromatic rings. The van der Waals surface area contributed by atoms with Crippen molar-refractivity contribution in [2.45, 2.75) is 26.3 Å². The molecule has 0 bridgehead atoms. The number of phenolic OH excluding ortho intramolecular Hbond substituents is 1. The number of hydrogen-bond acceptors (Lipinski definition) is 7. The van der Waals surface area contributed by atoms with Crippen LogP contribution in [0.2, 0.25) is 0 Å². The van der Waals surface area contributed by atoms with Gasteiger partial charge in [-0.3, -0.25) is 19.9 Å². The summed E-state index contributed by atoms with van der Waals surface area (Å²) in [5, 5.41) is 19.1. The number of para-hydroxylation sites is 1. The van der Waals surface area contributed by atoms with Gasteiger partial charge in [0.2, 0.25) is 0 Å². The second-order valence-electron chi connectivity index (χ2n) is 7.36. The topological polar surface area (TPSA) is 119 Å². The van der Waals surface area contributed by atoms with Crippen LogP contribution in [0.25, 0.3) is 0 Å². The van der Waals surface area contributed by atoms with Crippen LogP contribution in [0.15, 0.2) is 51.1 Å². The molecule has 9 nitrogen and oxygen atoms in total. The van der Waals surface area contributed by atoms with Crippen LogP contribution < -0.4 is 16.0 Å². The Morgan fingerprint density at radius 3 is 2.48 bits per heavy atom. The number of rotatable bonds is 7. The summed E-state index contributed by atoms with van der Waals surface area (Å²) in [7, 11) is 5.26. The molecule has 0 saturated carbocycles. The Bertz CT molecular complexity index is 1070. The second kappa shape index (κ2) is 8.95. The standard InChI is InChI=1S/C22H27N5O4/c1-6-14(16-11-10-12(2)31-16)24-17-18(22(30)26-21(17)29)25-15-9-7-8-13(19(15)28)20(23-3)27(4)5/h7-11,14,28H,6H2,1-5H3,(H3,24,25,26,29,30)/t14-/m1/s1. The van der Waals surface area contributed by atoms with E-state index < -0.39 is 11.8 Å². The van der Waals surface area contributed by atoms with Crippen molar-refractivity contribution in [2.24, 2.45) is 4.99 Å². The number of imide groups is 1. The maximum absolute atomic E-state index is 12.5. The first kappa shape index (κ1) is 21.9. The summed E-state index contributed by atoms with van der Waals surface area (Å²) in [6, 6.07) is 8.45. The molecule has 4 N–H and O–H groups in total. The summed E-state index contributed by atoms with van der Waals surface area (Å²) in [5.74, 6) is 0.780. The van der Waals surface area contributed by atoms with Gasteiger partial charge in [-0.1, -0.05) is 13.0 Å². The summed E-state index contributed by atoms with van der Waals surface area (Å²) in [5.41, 5.74) is 0.892. The number of aromatic hydroxyl groups is 1. The molecule has 9 heteroatoms. The third-order valence-corrected chi connectivity index (χ3v) is 4.93. The third kappa shape index (κ3) is 4.40. The normalized spacial score (nSPS) is 15.2. The van der Waals surface area contributed by atoms with Gasteiger partial charge in [-0.2, -0.15) is 0 Å². The molecule has 31 heavy (non-hydrogen) atoms. The molecular weight excluding hydrogens is 398 g/mol. The number of nitrogens with zero attached hydrogens (tertiary/aromatic N) is 2. The Balaban J connectivity index is 1.97. The number of amides is 2. The van der Waals surface area contributed by atoms with Crippen molar-refractivity contribution in [3.05, 3.63) is 58.8 Å². The maximum Gasteiger partial charge on any atom is 0.276 e. The largest absolute Gasteiger partial charge is 0.505 e. The predicted molar refractivity (Wildman–Crippen MR) is 118 cm³/mol. The quantitative estimate of drug-likeness (QED) is 0.232. The molecule has 0 unspecified atom stereocenters.